The average Bonchev–Trinajstić information content (AvgIpc) is 3.53. The summed E-state index contributed by atoms with van der Waals surface area (Å²) in [5.74, 6) is -0.0370. The Morgan fingerprint density at radius 2 is 1.97 bits per heavy atom. The molecule has 3 heterocycles. The Labute approximate surface area is 199 Å². The zero-order valence-corrected chi connectivity index (χ0v) is 19.8. The van der Waals surface area contributed by atoms with Gasteiger partial charge in [0, 0.05) is 23.5 Å². The molecule has 8 nitrogen and oxygen atoms in total. The van der Waals surface area contributed by atoms with E-state index in [2.05, 4.69) is 14.7 Å². The number of carbonyl (C=O) groups is 1. The number of aromatic nitrogens is 3. The minimum Gasteiger partial charge on any atom is -0.383 e. The summed E-state index contributed by atoms with van der Waals surface area (Å²) in [6.07, 6.45) is 7.51. The van der Waals surface area contributed by atoms with Crippen LogP contribution in [0.4, 0.5) is 11.5 Å². The second kappa shape index (κ2) is 8.44. The van der Waals surface area contributed by atoms with Crippen molar-refractivity contribution >= 4 is 61.3 Å². The monoisotopic (exact) mass is 501 g/mol. The molecule has 11 heteroatoms. The number of carbonyl (C=O) groups excluding carboxylic acids is 1. The molecule has 170 valence electrons. The third kappa shape index (κ3) is 4.09. The van der Waals surface area contributed by atoms with E-state index in [9.17, 15) is 13.2 Å². The van der Waals surface area contributed by atoms with E-state index in [-0.39, 0.29) is 27.5 Å². The van der Waals surface area contributed by atoms with Crippen molar-refractivity contribution in [3.05, 3.63) is 64.4 Å². The van der Waals surface area contributed by atoms with Crippen molar-refractivity contribution in [3.63, 3.8) is 0 Å². The first-order valence-corrected chi connectivity index (χ1v) is 13.1. The number of hydrogen-bond donors (Lipinski definition) is 2. The van der Waals surface area contributed by atoms with Crippen molar-refractivity contribution in [2.75, 3.05) is 10.5 Å². The lowest BCUT2D eigenvalue weighted by Gasteiger charge is -2.12. The molecule has 5 rings (SSSR count). The van der Waals surface area contributed by atoms with Crippen LogP contribution in [0, 0.1) is 0 Å². The minimum atomic E-state index is -3.82. The molecule has 1 saturated carbocycles. The van der Waals surface area contributed by atoms with Gasteiger partial charge in [0.15, 0.2) is 5.78 Å². The van der Waals surface area contributed by atoms with Crippen molar-refractivity contribution in [3.8, 4) is 0 Å². The maximum absolute atomic E-state index is 13.5. The number of sulfonamides is 1. The highest BCUT2D eigenvalue weighted by Gasteiger charge is 2.26. The Morgan fingerprint density at radius 1 is 1.18 bits per heavy atom. The van der Waals surface area contributed by atoms with Crippen molar-refractivity contribution in [1.82, 2.24) is 14.5 Å². The summed E-state index contributed by atoms with van der Waals surface area (Å²) in [7, 11) is -3.82. The fourth-order valence-electron chi connectivity index (χ4n) is 4.27. The highest BCUT2D eigenvalue weighted by molar-refractivity contribution is 7.94. The first-order valence-electron chi connectivity index (χ1n) is 10.4. The number of anilines is 2. The lowest BCUT2D eigenvalue weighted by molar-refractivity contribution is 0.104. The van der Waals surface area contributed by atoms with Gasteiger partial charge >= 0.3 is 0 Å². The summed E-state index contributed by atoms with van der Waals surface area (Å²) in [6.45, 7) is 0. The number of fused-ring (bicyclic) bond motifs is 1. The highest BCUT2D eigenvalue weighted by atomic mass is 35.5. The largest absolute Gasteiger partial charge is 0.383 e. The van der Waals surface area contributed by atoms with E-state index < -0.39 is 10.0 Å². The van der Waals surface area contributed by atoms with Crippen molar-refractivity contribution in [2.24, 2.45) is 0 Å². The molecule has 0 aliphatic heterocycles. The Kier molecular flexibility index (Phi) is 5.59. The molecular formula is C22H20ClN5O3S2. The summed E-state index contributed by atoms with van der Waals surface area (Å²) >= 11 is 6.83. The van der Waals surface area contributed by atoms with Gasteiger partial charge in [-0.2, -0.15) is 0 Å². The Morgan fingerprint density at radius 3 is 2.70 bits per heavy atom. The lowest BCUT2D eigenvalue weighted by Crippen LogP contribution is -2.12. The molecule has 0 bridgehead atoms. The van der Waals surface area contributed by atoms with Crippen LogP contribution in [0.5, 0.6) is 0 Å². The molecule has 3 aromatic heterocycles. The van der Waals surface area contributed by atoms with Gasteiger partial charge in [0.05, 0.1) is 15.3 Å². The number of rotatable bonds is 6. The lowest BCUT2D eigenvalue weighted by atomic mass is 10.0. The van der Waals surface area contributed by atoms with E-state index in [1.807, 2.05) is 4.57 Å². The van der Waals surface area contributed by atoms with E-state index in [4.69, 9.17) is 17.3 Å². The summed E-state index contributed by atoms with van der Waals surface area (Å²) in [5.41, 5.74) is 7.79. The quantitative estimate of drug-likeness (QED) is 0.363. The number of ketones is 1. The van der Waals surface area contributed by atoms with Gasteiger partial charge in [-0.1, -0.05) is 36.6 Å². The fraction of sp³-hybridized carbons (Fsp3) is 0.227. The zero-order valence-electron chi connectivity index (χ0n) is 17.4. The summed E-state index contributed by atoms with van der Waals surface area (Å²) < 4.78 is 30.3. The van der Waals surface area contributed by atoms with Crippen LogP contribution in [0.3, 0.4) is 0 Å². The third-order valence-corrected chi connectivity index (χ3v) is 8.90. The van der Waals surface area contributed by atoms with Gasteiger partial charge < -0.3 is 10.3 Å². The normalized spacial score (nSPS) is 14.7. The Hall–Kier alpha value is -2.95. The number of thiophene rings is 1. The predicted octanol–water partition coefficient (Wildman–Crippen LogP) is 4.88. The molecule has 0 spiro atoms. The van der Waals surface area contributed by atoms with Crippen LogP contribution in [-0.4, -0.2) is 28.7 Å². The van der Waals surface area contributed by atoms with E-state index >= 15 is 0 Å². The molecular weight excluding hydrogens is 482 g/mol. The van der Waals surface area contributed by atoms with Gasteiger partial charge in [-0.3, -0.25) is 9.52 Å². The molecule has 0 atom stereocenters. The number of benzene rings is 1. The van der Waals surface area contributed by atoms with Gasteiger partial charge in [0.1, 0.15) is 22.0 Å². The van der Waals surface area contributed by atoms with Crippen LogP contribution in [0.15, 0.2) is 53.1 Å². The van der Waals surface area contributed by atoms with Crippen molar-refractivity contribution in [2.45, 2.75) is 35.9 Å². The molecule has 1 fully saturated rings. The summed E-state index contributed by atoms with van der Waals surface area (Å²) in [4.78, 5) is 22.0. The molecule has 33 heavy (non-hydrogen) atoms. The van der Waals surface area contributed by atoms with Crippen molar-refractivity contribution < 1.29 is 13.2 Å². The smallest absolute Gasteiger partial charge is 0.271 e. The molecule has 1 aromatic carbocycles. The molecule has 0 radical (unpaired) electrons. The first kappa shape index (κ1) is 21.9. The van der Waals surface area contributed by atoms with Gasteiger partial charge in [0.25, 0.3) is 10.0 Å². The van der Waals surface area contributed by atoms with Crippen molar-refractivity contribution in [1.29, 1.82) is 0 Å². The second-order valence-electron chi connectivity index (χ2n) is 7.92. The average molecular weight is 502 g/mol. The van der Waals surface area contributed by atoms with E-state index in [0.717, 1.165) is 37.0 Å². The summed E-state index contributed by atoms with van der Waals surface area (Å²) in [6, 6.07) is 9.58. The molecule has 0 amide bonds. The number of halogens is 1. The number of nitrogens with two attached hydrogens (primary N) is 1. The van der Waals surface area contributed by atoms with Gasteiger partial charge in [-0.05, 0) is 37.1 Å². The van der Waals surface area contributed by atoms with E-state index in [1.165, 1.54) is 24.5 Å². The van der Waals surface area contributed by atoms with Crippen LogP contribution in [-0.2, 0) is 10.0 Å². The molecule has 4 aromatic rings. The van der Waals surface area contributed by atoms with Crippen LogP contribution >= 0.6 is 22.9 Å². The van der Waals surface area contributed by atoms with Crippen LogP contribution in [0.2, 0.25) is 4.34 Å². The molecule has 1 aliphatic rings. The van der Waals surface area contributed by atoms with Crippen LogP contribution in [0.1, 0.15) is 47.6 Å². The summed E-state index contributed by atoms with van der Waals surface area (Å²) in [5, 5.41) is 0.522. The standard InChI is InChI=1S/C22H20ClN5O3S2/c23-17-8-9-18(32-17)33(30,31)27-14-5-3-4-13(10-14)20(29)16-11-28(15-6-1-2-7-15)22-19(16)21(24)25-12-26-22/h3-5,8-12,15,27H,1-2,6-7H2,(H2,24,25,26). The number of nitrogen functional groups attached to an aromatic ring is 1. The molecule has 0 saturated heterocycles. The SMILES string of the molecule is Nc1ncnc2c1c(C(=O)c1cccc(NS(=O)(=O)c3ccc(Cl)s3)c1)cn2C1CCCC1. The number of nitrogens with one attached hydrogen (secondary N) is 1. The minimum absolute atomic E-state index is 0.0915. The second-order valence-corrected chi connectivity index (χ2v) is 11.5. The van der Waals surface area contributed by atoms with E-state index in [1.54, 1.807) is 24.4 Å². The van der Waals surface area contributed by atoms with Gasteiger partial charge in [-0.25, -0.2) is 18.4 Å². The first-order chi connectivity index (χ1) is 15.8. The highest BCUT2D eigenvalue weighted by Crippen LogP contribution is 2.36. The predicted molar refractivity (Wildman–Crippen MR) is 129 cm³/mol. The van der Waals surface area contributed by atoms with Crippen LogP contribution < -0.4 is 10.5 Å². The third-order valence-electron chi connectivity index (χ3n) is 5.79. The molecule has 3 N–H and O–H groups in total. The topological polar surface area (TPSA) is 120 Å². The zero-order chi connectivity index (χ0) is 23.2. The van der Waals surface area contributed by atoms with Gasteiger partial charge in [0.2, 0.25) is 0 Å². The van der Waals surface area contributed by atoms with E-state index in [0.29, 0.717) is 26.5 Å². The number of nitrogens with zero attached hydrogens (tertiary/aromatic N) is 3. The molecule has 1 aliphatic carbocycles. The van der Waals surface area contributed by atoms with Crippen LogP contribution in [0.25, 0.3) is 11.0 Å². The Balaban J connectivity index is 1.52. The number of hydrogen-bond acceptors (Lipinski definition) is 7. The Bertz CT molecular complexity index is 1470. The van der Waals surface area contributed by atoms with Gasteiger partial charge in [-0.15, -0.1) is 11.3 Å². The fourth-order valence-corrected chi connectivity index (χ4v) is 6.80. The maximum atomic E-state index is 13.5. The maximum Gasteiger partial charge on any atom is 0.271 e. The molecule has 0 unspecified atom stereocenters.